The topological polar surface area (TPSA) is 55.1 Å². The van der Waals surface area contributed by atoms with E-state index >= 15 is 0 Å². The molecule has 96 valence electrons. The van der Waals surface area contributed by atoms with E-state index in [-0.39, 0.29) is 10.9 Å². The van der Waals surface area contributed by atoms with Crippen molar-refractivity contribution in [1.82, 2.24) is 0 Å². The molecule has 0 aliphatic heterocycles. The summed E-state index contributed by atoms with van der Waals surface area (Å²) in [5.41, 5.74) is 5.57. The van der Waals surface area contributed by atoms with Crippen LogP contribution in [-0.4, -0.2) is 10.9 Å². The van der Waals surface area contributed by atoms with E-state index in [1.165, 1.54) is 0 Å². The summed E-state index contributed by atoms with van der Waals surface area (Å²) in [6.07, 6.45) is 1.41. The number of carbonyl (C=O) groups excluding carboxylic acids is 1. The molecule has 0 bridgehead atoms. The predicted octanol–water partition coefficient (Wildman–Crippen LogP) is 3.87. The van der Waals surface area contributed by atoms with Crippen molar-refractivity contribution in [3.63, 3.8) is 0 Å². The molecule has 1 aromatic carbocycles. The second-order valence-electron chi connectivity index (χ2n) is 4.14. The molecular formula is C11H9Br2ClN2OS. The van der Waals surface area contributed by atoms with Crippen molar-refractivity contribution in [1.29, 1.82) is 0 Å². The lowest BCUT2D eigenvalue weighted by molar-refractivity contribution is -0.118. The molecule has 1 saturated carbocycles. The molecule has 0 heterocycles. The van der Waals surface area contributed by atoms with Gasteiger partial charge < -0.3 is 11.1 Å². The van der Waals surface area contributed by atoms with Crippen molar-refractivity contribution >= 4 is 72.3 Å². The minimum Gasteiger partial charge on any atom is -0.392 e. The third kappa shape index (κ3) is 2.57. The van der Waals surface area contributed by atoms with Crippen LogP contribution in [0.5, 0.6) is 0 Å². The second kappa shape index (κ2) is 5.07. The maximum atomic E-state index is 12.2. The number of hydrogen-bond donors (Lipinski definition) is 2. The molecule has 18 heavy (non-hydrogen) atoms. The molecule has 1 aliphatic carbocycles. The largest absolute Gasteiger partial charge is 0.392 e. The average molecular weight is 413 g/mol. The van der Waals surface area contributed by atoms with E-state index in [2.05, 4.69) is 37.2 Å². The van der Waals surface area contributed by atoms with E-state index in [0.717, 1.165) is 0 Å². The van der Waals surface area contributed by atoms with E-state index in [4.69, 9.17) is 29.6 Å². The van der Waals surface area contributed by atoms with Crippen LogP contribution in [-0.2, 0) is 4.79 Å². The van der Waals surface area contributed by atoms with Gasteiger partial charge in [0.05, 0.1) is 16.1 Å². The summed E-state index contributed by atoms with van der Waals surface area (Å²) in [7, 11) is 0. The summed E-state index contributed by atoms with van der Waals surface area (Å²) >= 11 is 17.6. The Balaban J connectivity index is 2.26. The van der Waals surface area contributed by atoms with Crippen molar-refractivity contribution in [3.05, 3.63) is 26.1 Å². The lowest BCUT2D eigenvalue weighted by Gasteiger charge is -2.16. The third-order valence-electron chi connectivity index (χ3n) is 2.90. The zero-order valence-corrected chi connectivity index (χ0v) is 13.8. The van der Waals surface area contributed by atoms with Crippen LogP contribution in [0.1, 0.15) is 12.8 Å². The number of benzene rings is 1. The fourth-order valence-corrected chi connectivity index (χ4v) is 3.77. The number of carbonyl (C=O) groups is 1. The first-order valence-electron chi connectivity index (χ1n) is 5.13. The number of nitrogens with two attached hydrogens (primary N) is 1. The van der Waals surface area contributed by atoms with Gasteiger partial charge in [-0.1, -0.05) is 23.8 Å². The normalized spacial score (nSPS) is 16.2. The van der Waals surface area contributed by atoms with Gasteiger partial charge in [-0.2, -0.15) is 0 Å². The van der Waals surface area contributed by atoms with E-state index in [1.807, 2.05) is 0 Å². The summed E-state index contributed by atoms with van der Waals surface area (Å²) in [6.45, 7) is 0. The van der Waals surface area contributed by atoms with Gasteiger partial charge in [-0.25, -0.2) is 0 Å². The maximum Gasteiger partial charge on any atom is 0.237 e. The number of nitrogens with one attached hydrogen (secondary N) is 1. The van der Waals surface area contributed by atoms with Gasteiger partial charge in [0, 0.05) is 14.0 Å². The predicted molar refractivity (Wildman–Crippen MR) is 83.9 cm³/mol. The van der Waals surface area contributed by atoms with Crippen LogP contribution in [0.3, 0.4) is 0 Å². The van der Waals surface area contributed by atoms with Crippen LogP contribution < -0.4 is 11.1 Å². The summed E-state index contributed by atoms with van der Waals surface area (Å²) in [5.74, 6) is -0.168. The summed E-state index contributed by atoms with van der Waals surface area (Å²) in [4.78, 5) is 12.4. The number of halogens is 3. The first-order valence-corrected chi connectivity index (χ1v) is 7.50. The zero-order valence-electron chi connectivity index (χ0n) is 9.10. The Labute approximate surface area is 132 Å². The van der Waals surface area contributed by atoms with Gasteiger partial charge in [-0.3, -0.25) is 4.79 Å². The van der Waals surface area contributed by atoms with Gasteiger partial charge in [0.2, 0.25) is 5.91 Å². The van der Waals surface area contributed by atoms with Gasteiger partial charge in [0.15, 0.2) is 0 Å². The monoisotopic (exact) mass is 410 g/mol. The first kappa shape index (κ1) is 14.2. The highest BCUT2D eigenvalue weighted by atomic mass is 79.9. The van der Waals surface area contributed by atoms with Gasteiger partial charge in [-0.05, 0) is 56.8 Å². The fourth-order valence-electron chi connectivity index (χ4n) is 1.61. The number of amides is 1. The molecule has 3 nitrogen and oxygen atoms in total. The molecule has 7 heteroatoms. The molecule has 0 unspecified atom stereocenters. The molecule has 0 atom stereocenters. The van der Waals surface area contributed by atoms with Crippen LogP contribution in [0.4, 0.5) is 5.69 Å². The Kier molecular flexibility index (Phi) is 4.02. The molecule has 1 amide bonds. The zero-order chi connectivity index (χ0) is 13.5. The van der Waals surface area contributed by atoms with E-state index in [9.17, 15) is 4.79 Å². The maximum absolute atomic E-state index is 12.2. The smallest absolute Gasteiger partial charge is 0.237 e. The SMILES string of the molecule is NC(=S)C1(C(=O)Nc2c(Br)cc(Cl)cc2Br)CC1. The van der Waals surface area contributed by atoms with E-state index in [0.29, 0.717) is 32.5 Å². The van der Waals surface area contributed by atoms with Crippen LogP contribution in [0.2, 0.25) is 5.02 Å². The van der Waals surface area contributed by atoms with E-state index in [1.54, 1.807) is 12.1 Å². The number of anilines is 1. The standard InChI is InChI=1S/C11H9Br2ClN2OS/c12-6-3-5(14)4-7(13)8(6)16-10(17)11(1-2-11)9(15)18/h3-4H,1-2H2,(H2,15,18)(H,16,17). The average Bonchev–Trinajstić information content (AvgIpc) is 3.03. The Hall–Kier alpha value is -0.170. The number of rotatable bonds is 3. The van der Waals surface area contributed by atoms with Crippen LogP contribution in [0, 0.1) is 5.41 Å². The molecule has 1 fully saturated rings. The van der Waals surface area contributed by atoms with Crippen molar-refractivity contribution in [2.75, 3.05) is 5.32 Å². The van der Waals surface area contributed by atoms with Crippen LogP contribution in [0.15, 0.2) is 21.1 Å². The highest BCUT2D eigenvalue weighted by Gasteiger charge is 2.52. The Morgan fingerprint density at radius 2 is 1.89 bits per heavy atom. The minimum atomic E-state index is -0.673. The molecule has 0 spiro atoms. The molecule has 2 rings (SSSR count). The number of thiocarbonyl (C=S) groups is 1. The minimum absolute atomic E-state index is 0.168. The third-order valence-corrected chi connectivity index (χ3v) is 4.76. The second-order valence-corrected chi connectivity index (χ2v) is 6.73. The lowest BCUT2D eigenvalue weighted by Crippen LogP contribution is -2.35. The van der Waals surface area contributed by atoms with Crippen LogP contribution >= 0.6 is 55.7 Å². The molecule has 1 aromatic rings. The highest BCUT2D eigenvalue weighted by molar-refractivity contribution is 9.11. The van der Waals surface area contributed by atoms with Crippen molar-refractivity contribution in [2.45, 2.75) is 12.8 Å². The summed E-state index contributed by atoms with van der Waals surface area (Å²) < 4.78 is 1.41. The van der Waals surface area contributed by atoms with E-state index < -0.39 is 5.41 Å². The molecule has 0 aromatic heterocycles. The first-order chi connectivity index (χ1) is 8.36. The van der Waals surface area contributed by atoms with Gasteiger partial charge in [0.1, 0.15) is 0 Å². The Morgan fingerprint density at radius 3 is 2.28 bits per heavy atom. The summed E-state index contributed by atoms with van der Waals surface area (Å²) in [6, 6.07) is 3.42. The number of hydrogen-bond acceptors (Lipinski definition) is 2. The Bertz CT molecular complexity index is 523. The fraction of sp³-hybridized carbons (Fsp3) is 0.273. The van der Waals surface area contributed by atoms with Gasteiger partial charge in [-0.15, -0.1) is 0 Å². The van der Waals surface area contributed by atoms with Gasteiger partial charge in [0.25, 0.3) is 0 Å². The van der Waals surface area contributed by atoms with Crippen LogP contribution in [0.25, 0.3) is 0 Å². The Morgan fingerprint density at radius 1 is 1.39 bits per heavy atom. The summed E-state index contributed by atoms with van der Waals surface area (Å²) in [5, 5.41) is 3.40. The molecule has 0 saturated heterocycles. The van der Waals surface area contributed by atoms with Crippen molar-refractivity contribution in [3.8, 4) is 0 Å². The lowest BCUT2D eigenvalue weighted by atomic mass is 10.1. The quantitative estimate of drug-likeness (QED) is 0.741. The van der Waals surface area contributed by atoms with Crippen molar-refractivity contribution in [2.24, 2.45) is 11.1 Å². The molecule has 1 aliphatic rings. The molecule has 3 N–H and O–H groups in total. The highest BCUT2D eigenvalue weighted by Crippen LogP contribution is 2.47. The molecular weight excluding hydrogens is 403 g/mol. The molecule has 0 radical (unpaired) electrons. The van der Waals surface area contributed by atoms with Crippen molar-refractivity contribution < 1.29 is 4.79 Å². The van der Waals surface area contributed by atoms with Gasteiger partial charge >= 0.3 is 0 Å².